The molecule has 0 spiro atoms. The molecule has 0 radical (unpaired) electrons. The Hall–Kier alpha value is -1.69. The predicted molar refractivity (Wildman–Crippen MR) is 87.7 cm³/mol. The van der Waals surface area contributed by atoms with Crippen LogP contribution in [0.4, 0.5) is 0 Å². The molecule has 0 aromatic carbocycles. The summed E-state index contributed by atoms with van der Waals surface area (Å²) >= 11 is 0. The molecule has 1 N–H and O–H groups in total. The van der Waals surface area contributed by atoms with Crippen molar-refractivity contribution in [1.29, 1.82) is 0 Å². The van der Waals surface area contributed by atoms with Gasteiger partial charge >= 0.3 is 0 Å². The van der Waals surface area contributed by atoms with Crippen molar-refractivity contribution in [3.8, 4) is 0 Å². The zero-order chi connectivity index (χ0) is 16.8. The Morgan fingerprint density at radius 2 is 1.67 bits per heavy atom. The summed E-state index contributed by atoms with van der Waals surface area (Å²) in [6.45, 7) is 5.08. The lowest BCUT2D eigenvalue weighted by molar-refractivity contribution is -0.140. The van der Waals surface area contributed by atoms with Gasteiger partial charge < -0.3 is 10.2 Å². The van der Waals surface area contributed by atoms with E-state index in [1.165, 1.54) is 4.90 Å². The van der Waals surface area contributed by atoms with E-state index in [1.807, 2.05) is 12.2 Å². The highest BCUT2D eigenvalue weighted by Gasteiger charge is 2.56. The SMILES string of the molecule is CC(=O)NC1C2CN(CCCN3C(=O)C4CC=CCC4C3=O)CC21. The Bertz CT molecular complexity index is 564. The van der Waals surface area contributed by atoms with Gasteiger partial charge in [0.1, 0.15) is 0 Å². The predicted octanol–water partition coefficient (Wildman–Crippen LogP) is 0.394. The maximum absolute atomic E-state index is 12.4. The fourth-order valence-corrected chi connectivity index (χ4v) is 4.79. The van der Waals surface area contributed by atoms with Gasteiger partial charge in [-0.2, -0.15) is 0 Å². The van der Waals surface area contributed by atoms with E-state index in [4.69, 9.17) is 0 Å². The summed E-state index contributed by atoms with van der Waals surface area (Å²) in [5.41, 5.74) is 0. The molecule has 24 heavy (non-hydrogen) atoms. The van der Waals surface area contributed by atoms with Crippen molar-refractivity contribution >= 4 is 17.7 Å². The lowest BCUT2D eigenvalue weighted by atomic mass is 9.85. The number of hydrogen-bond donors (Lipinski definition) is 1. The molecule has 4 aliphatic rings. The number of carbonyl (C=O) groups is 3. The number of allylic oxidation sites excluding steroid dienone is 2. The van der Waals surface area contributed by atoms with Crippen LogP contribution < -0.4 is 5.32 Å². The Balaban J connectivity index is 1.21. The molecule has 6 heteroatoms. The topological polar surface area (TPSA) is 69.7 Å². The van der Waals surface area contributed by atoms with E-state index in [1.54, 1.807) is 6.92 Å². The van der Waals surface area contributed by atoms with Crippen LogP contribution in [-0.4, -0.2) is 59.7 Å². The number of amides is 3. The summed E-state index contributed by atoms with van der Waals surface area (Å²) in [6.07, 6.45) is 6.32. The van der Waals surface area contributed by atoms with E-state index < -0.39 is 0 Å². The van der Waals surface area contributed by atoms with Crippen molar-refractivity contribution in [2.45, 2.75) is 32.2 Å². The van der Waals surface area contributed by atoms with Crippen LogP contribution in [0.2, 0.25) is 0 Å². The maximum atomic E-state index is 12.4. The van der Waals surface area contributed by atoms with Gasteiger partial charge in [-0.05, 0) is 37.6 Å². The van der Waals surface area contributed by atoms with Gasteiger partial charge in [0, 0.05) is 32.6 Å². The zero-order valence-corrected chi connectivity index (χ0v) is 14.1. The molecule has 130 valence electrons. The van der Waals surface area contributed by atoms with E-state index in [0.29, 0.717) is 37.3 Å². The van der Waals surface area contributed by atoms with E-state index >= 15 is 0 Å². The summed E-state index contributed by atoms with van der Waals surface area (Å²) in [5, 5.41) is 3.01. The van der Waals surface area contributed by atoms with E-state index in [-0.39, 0.29) is 29.6 Å². The van der Waals surface area contributed by atoms with Crippen molar-refractivity contribution in [2.75, 3.05) is 26.2 Å². The first-order valence-corrected chi connectivity index (χ1v) is 9.06. The Labute approximate surface area is 142 Å². The monoisotopic (exact) mass is 331 g/mol. The highest BCUT2D eigenvalue weighted by atomic mass is 16.2. The number of fused-ring (bicyclic) bond motifs is 2. The Kier molecular flexibility index (Phi) is 3.95. The summed E-state index contributed by atoms with van der Waals surface area (Å²) < 4.78 is 0. The molecule has 2 aliphatic heterocycles. The minimum atomic E-state index is -0.111. The van der Waals surface area contributed by atoms with Crippen LogP contribution in [0.1, 0.15) is 26.2 Å². The van der Waals surface area contributed by atoms with E-state index in [9.17, 15) is 14.4 Å². The molecule has 0 bridgehead atoms. The first kappa shape index (κ1) is 15.8. The quantitative estimate of drug-likeness (QED) is 0.585. The fourth-order valence-electron chi connectivity index (χ4n) is 4.79. The molecular weight excluding hydrogens is 306 g/mol. The van der Waals surface area contributed by atoms with Crippen molar-refractivity contribution < 1.29 is 14.4 Å². The second-order valence-corrected chi connectivity index (χ2v) is 7.65. The molecule has 2 aliphatic carbocycles. The van der Waals surface area contributed by atoms with Gasteiger partial charge in [-0.25, -0.2) is 0 Å². The maximum Gasteiger partial charge on any atom is 0.233 e. The molecule has 6 nitrogen and oxygen atoms in total. The van der Waals surface area contributed by atoms with E-state index in [0.717, 1.165) is 26.1 Å². The van der Waals surface area contributed by atoms with Crippen LogP contribution in [0, 0.1) is 23.7 Å². The summed E-state index contributed by atoms with van der Waals surface area (Å²) in [7, 11) is 0. The molecular formula is C18H25N3O3. The molecule has 0 aromatic heterocycles. The van der Waals surface area contributed by atoms with Crippen LogP contribution in [0.15, 0.2) is 12.2 Å². The van der Waals surface area contributed by atoms with Gasteiger partial charge in [0.05, 0.1) is 11.8 Å². The molecule has 4 rings (SSSR count). The van der Waals surface area contributed by atoms with Gasteiger partial charge in [-0.15, -0.1) is 0 Å². The van der Waals surface area contributed by atoms with Crippen LogP contribution in [-0.2, 0) is 14.4 Å². The molecule has 3 fully saturated rings. The van der Waals surface area contributed by atoms with Crippen molar-refractivity contribution in [3.63, 3.8) is 0 Å². The van der Waals surface area contributed by atoms with Gasteiger partial charge in [-0.3, -0.25) is 19.3 Å². The third-order valence-corrected chi connectivity index (χ3v) is 6.09. The number of piperidine rings is 1. The van der Waals surface area contributed by atoms with Crippen LogP contribution in [0.5, 0.6) is 0 Å². The highest BCUT2D eigenvalue weighted by Crippen LogP contribution is 2.45. The third-order valence-electron chi connectivity index (χ3n) is 6.09. The largest absolute Gasteiger partial charge is 0.353 e. The average Bonchev–Trinajstić information content (AvgIpc) is 2.92. The highest BCUT2D eigenvalue weighted by molar-refractivity contribution is 6.05. The van der Waals surface area contributed by atoms with Crippen molar-refractivity contribution in [3.05, 3.63) is 12.2 Å². The molecule has 2 saturated heterocycles. The number of hydrogen-bond acceptors (Lipinski definition) is 4. The van der Waals surface area contributed by atoms with Gasteiger partial charge in [0.15, 0.2) is 0 Å². The van der Waals surface area contributed by atoms with Crippen LogP contribution >= 0.6 is 0 Å². The fraction of sp³-hybridized carbons (Fsp3) is 0.722. The summed E-state index contributed by atoms with van der Waals surface area (Å²) in [5.74, 6) is 1.09. The molecule has 4 unspecified atom stereocenters. The summed E-state index contributed by atoms with van der Waals surface area (Å²) in [4.78, 5) is 39.8. The van der Waals surface area contributed by atoms with Crippen molar-refractivity contribution in [2.24, 2.45) is 23.7 Å². The normalized spacial score (nSPS) is 37.5. The molecule has 3 amide bonds. The first-order chi connectivity index (χ1) is 11.6. The van der Waals surface area contributed by atoms with E-state index in [2.05, 4.69) is 10.2 Å². The Morgan fingerprint density at radius 1 is 1.08 bits per heavy atom. The standard InChI is InChI=1S/C18H25N3O3/c1-11(22)19-16-14-9-20(10-15(14)16)7-4-8-21-17(23)12-5-2-3-6-13(12)18(21)24/h2-3,12-16H,4-10H2,1H3,(H,19,22). The van der Waals surface area contributed by atoms with Gasteiger partial charge in [-0.1, -0.05) is 12.2 Å². The first-order valence-electron chi connectivity index (χ1n) is 9.06. The summed E-state index contributed by atoms with van der Waals surface area (Å²) in [6, 6.07) is 0.371. The second kappa shape index (κ2) is 5.99. The molecule has 4 atom stereocenters. The Morgan fingerprint density at radius 3 is 2.21 bits per heavy atom. The zero-order valence-electron chi connectivity index (χ0n) is 14.1. The number of nitrogens with zero attached hydrogens (tertiary/aromatic N) is 2. The number of nitrogens with one attached hydrogen (secondary N) is 1. The van der Waals surface area contributed by atoms with Crippen LogP contribution in [0.25, 0.3) is 0 Å². The minimum absolute atomic E-state index is 0.0318. The smallest absolute Gasteiger partial charge is 0.233 e. The van der Waals surface area contributed by atoms with Gasteiger partial charge in [0.2, 0.25) is 17.7 Å². The number of rotatable bonds is 5. The molecule has 1 saturated carbocycles. The number of imide groups is 1. The van der Waals surface area contributed by atoms with Crippen molar-refractivity contribution in [1.82, 2.24) is 15.1 Å². The number of carbonyl (C=O) groups excluding carboxylic acids is 3. The van der Waals surface area contributed by atoms with Crippen LogP contribution in [0.3, 0.4) is 0 Å². The molecule has 0 aromatic rings. The average molecular weight is 331 g/mol. The van der Waals surface area contributed by atoms with Gasteiger partial charge in [0.25, 0.3) is 0 Å². The third kappa shape index (κ3) is 2.66. The lowest BCUT2D eigenvalue weighted by Gasteiger charge is -2.21. The minimum Gasteiger partial charge on any atom is -0.353 e. The second-order valence-electron chi connectivity index (χ2n) is 7.65. The lowest BCUT2D eigenvalue weighted by Crippen LogP contribution is -2.36. The number of likely N-dealkylation sites (tertiary alicyclic amines) is 2. The molecule has 2 heterocycles.